The van der Waals surface area contributed by atoms with Crippen molar-refractivity contribution in [3.05, 3.63) is 78.4 Å². The highest BCUT2D eigenvalue weighted by molar-refractivity contribution is 7.85. The molecule has 0 aliphatic carbocycles. The lowest BCUT2D eigenvalue weighted by atomic mass is 10.1. The first-order valence-electron chi connectivity index (χ1n) is 9.40. The van der Waals surface area contributed by atoms with E-state index in [1.54, 1.807) is 30.2 Å². The van der Waals surface area contributed by atoms with Gasteiger partial charge in [-0.15, -0.1) is 0 Å². The molecule has 0 aromatic heterocycles. The second-order valence-corrected chi connectivity index (χ2v) is 8.12. The zero-order chi connectivity index (χ0) is 20.9. The number of methoxy groups -OCH3 is 1. The van der Waals surface area contributed by atoms with Gasteiger partial charge in [0, 0.05) is 16.6 Å². The fourth-order valence-corrected chi connectivity index (χ4v) is 4.18. The molecule has 1 unspecified atom stereocenters. The largest absolute Gasteiger partial charge is 0.497 e. The fraction of sp³-hybridized carbons (Fsp3) is 0.174. The molecule has 0 bridgehead atoms. The highest BCUT2D eigenvalue weighted by Gasteiger charge is 2.22. The van der Waals surface area contributed by atoms with E-state index in [1.807, 2.05) is 54.6 Å². The summed E-state index contributed by atoms with van der Waals surface area (Å²) >= 11 is 0. The van der Waals surface area contributed by atoms with Gasteiger partial charge in [0.1, 0.15) is 11.5 Å². The van der Waals surface area contributed by atoms with Gasteiger partial charge in [0.2, 0.25) is 12.7 Å². The maximum Gasteiger partial charge on any atom is 0.240 e. The number of fused-ring (bicyclic) bond motifs is 1. The molecule has 6 nitrogen and oxygen atoms in total. The summed E-state index contributed by atoms with van der Waals surface area (Å²) in [5.41, 5.74) is 1.54. The number of nitrogens with zero attached hydrogens (tertiary/aromatic N) is 1. The first-order chi connectivity index (χ1) is 14.6. The van der Waals surface area contributed by atoms with E-state index in [-0.39, 0.29) is 18.5 Å². The van der Waals surface area contributed by atoms with Crippen LogP contribution in [-0.4, -0.2) is 29.8 Å². The van der Waals surface area contributed by atoms with E-state index in [0.29, 0.717) is 34.4 Å². The van der Waals surface area contributed by atoms with E-state index in [9.17, 15) is 9.00 Å². The number of carbonyl (C=O) groups excluding carboxylic acids is 1. The standard InChI is InChI=1S/C23H21NO5S/c1-27-19-7-5-6-18(13-19)24(14-17-10-11-21-22(12-17)29-16-28-21)23(25)15-30(26)20-8-3-2-4-9-20/h2-13H,14-16H2,1H3. The third-order valence-electron chi connectivity index (χ3n) is 4.70. The van der Waals surface area contributed by atoms with Crippen molar-refractivity contribution in [1.29, 1.82) is 0 Å². The fourth-order valence-electron chi connectivity index (χ4n) is 3.17. The summed E-state index contributed by atoms with van der Waals surface area (Å²) in [6, 6.07) is 21.8. The smallest absolute Gasteiger partial charge is 0.240 e. The van der Waals surface area contributed by atoms with Crippen LogP contribution >= 0.6 is 0 Å². The van der Waals surface area contributed by atoms with Crippen LogP contribution in [0.2, 0.25) is 0 Å². The highest BCUT2D eigenvalue weighted by atomic mass is 32.2. The van der Waals surface area contributed by atoms with Gasteiger partial charge < -0.3 is 19.1 Å². The summed E-state index contributed by atoms with van der Waals surface area (Å²) < 4.78 is 28.8. The Kier molecular flexibility index (Phi) is 5.99. The van der Waals surface area contributed by atoms with Gasteiger partial charge in [-0.3, -0.25) is 9.00 Å². The molecule has 0 saturated heterocycles. The molecule has 0 N–H and O–H groups in total. The predicted molar refractivity (Wildman–Crippen MR) is 114 cm³/mol. The molecule has 3 aromatic carbocycles. The lowest BCUT2D eigenvalue weighted by Crippen LogP contribution is -2.34. The average Bonchev–Trinajstić information content (AvgIpc) is 3.26. The number of anilines is 1. The van der Waals surface area contributed by atoms with Crippen molar-refractivity contribution < 1.29 is 23.2 Å². The van der Waals surface area contributed by atoms with Crippen LogP contribution in [0, 0.1) is 0 Å². The van der Waals surface area contributed by atoms with Crippen LogP contribution in [-0.2, 0) is 22.1 Å². The Morgan fingerprint density at radius 2 is 1.80 bits per heavy atom. The number of hydrogen-bond acceptors (Lipinski definition) is 5. The molecule has 0 fully saturated rings. The van der Waals surface area contributed by atoms with Crippen molar-refractivity contribution in [2.24, 2.45) is 0 Å². The molecule has 1 aliphatic rings. The molecular weight excluding hydrogens is 402 g/mol. The molecule has 7 heteroatoms. The minimum absolute atomic E-state index is 0.119. The molecule has 0 spiro atoms. The number of benzene rings is 3. The van der Waals surface area contributed by atoms with E-state index >= 15 is 0 Å². The minimum atomic E-state index is -1.44. The van der Waals surface area contributed by atoms with Gasteiger partial charge in [0.25, 0.3) is 0 Å². The molecule has 1 atom stereocenters. The third kappa shape index (κ3) is 4.46. The Morgan fingerprint density at radius 3 is 2.60 bits per heavy atom. The number of carbonyl (C=O) groups is 1. The van der Waals surface area contributed by atoms with Crippen LogP contribution < -0.4 is 19.1 Å². The molecule has 1 amide bonds. The van der Waals surface area contributed by atoms with E-state index in [2.05, 4.69) is 0 Å². The lowest BCUT2D eigenvalue weighted by molar-refractivity contribution is -0.116. The lowest BCUT2D eigenvalue weighted by Gasteiger charge is -2.23. The quantitative estimate of drug-likeness (QED) is 0.579. The van der Waals surface area contributed by atoms with Gasteiger partial charge in [-0.2, -0.15) is 0 Å². The topological polar surface area (TPSA) is 65.1 Å². The minimum Gasteiger partial charge on any atom is -0.497 e. The van der Waals surface area contributed by atoms with Crippen molar-refractivity contribution in [2.45, 2.75) is 11.4 Å². The molecule has 1 aliphatic heterocycles. The maximum atomic E-state index is 13.2. The zero-order valence-corrected chi connectivity index (χ0v) is 17.3. The van der Waals surface area contributed by atoms with E-state index in [4.69, 9.17) is 14.2 Å². The van der Waals surface area contributed by atoms with Crippen LogP contribution in [0.1, 0.15) is 5.56 Å². The molecule has 154 valence electrons. The van der Waals surface area contributed by atoms with Crippen molar-refractivity contribution in [2.75, 3.05) is 24.6 Å². The average molecular weight is 423 g/mol. The van der Waals surface area contributed by atoms with Crippen LogP contribution in [0.4, 0.5) is 5.69 Å². The monoisotopic (exact) mass is 423 g/mol. The summed E-state index contributed by atoms with van der Waals surface area (Å²) in [5, 5.41) is 0. The predicted octanol–water partition coefficient (Wildman–Crippen LogP) is 3.76. The molecule has 30 heavy (non-hydrogen) atoms. The SMILES string of the molecule is COc1cccc(N(Cc2ccc3c(c2)OCO3)C(=O)CS(=O)c2ccccc2)c1. The molecule has 1 heterocycles. The summed E-state index contributed by atoms with van der Waals surface area (Å²) in [6.45, 7) is 0.488. The molecular formula is C23H21NO5S. The van der Waals surface area contributed by atoms with Crippen LogP contribution in [0.15, 0.2) is 77.7 Å². The van der Waals surface area contributed by atoms with Crippen molar-refractivity contribution >= 4 is 22.4 Å². The van der Waals surface area contributed by atoms with Gasteiger partial charge in [0.15, 0.2) is 11.5 Å². The second kappa shape index (κ2) is 9.00. The van der Waals surface area contributed by atoms with Crippen LogP contribution in [0.25, 0.3) is 0 Å². The van der Waals surface area contributed by atoms with E-state index in [0.717, 1.165) is 5.56 Å². The molecule has 4 rings (SSSR count). The van der Waals surface area contributed by atoms with Crippen molar-refractivity contribution in [1.82, 2.24) is 0 Å². The summed E-state index contributed by atoms with van der Waals surface area (Å²) in [5.74, 6) is 1.61. The van der Waals surface area contributed by atoms with Crippen molar-refractivity contribution in [3.63, 3.8) is 0 Å². The van der Waals surface area contributed by atoms with Gasteiger partial charge in [-0.05, 0) is 42.0 Å². The summed E-state index contributed by atoms with van der Waals surface area (Å²) in [7, 11) is 0.137. The normalized spacial score (nSPS) is 13.0. The van der Waals surface area contributed by atoms with Gasteiger partial charge in [-0.1, -0.05) is 30.3 Å². The first kappa shape index (κ1) is 20.0. The van der Waals surface area contributed by atoms with Crippen molar-refractivity contribution in [3.8, 4) is 17.2 Å². The first-order valence-corrected chi connectivity index (χ1v) is 10.7. The summed E-state index contributed by atoms with van der Waals surface area (Å²) in [6.07, 6.45) is 0. The van der Waals surface area contributed by atoms with E-state index < -0.39 is 10.8 Å². The number of hydrogen-bond donors (Lipinski definition) is 0. The molecule has 3 aromatic rings. The highest BCUT2D eigenvalue weighted by Crippen LogP contribution is 2.33. The maximum absolute atomic E-state index is 13.2. The number of ether oxygens (including phenoxy) is 3. The second-order valence-electron chi connectivity index (χ2n) is 6.67. The zero-order valence-electron chi connectivity index (χ0n) is 16.4. The number of rotatable bonds is 7. The van der Waals surface area contributed by atoms with Crippen LogP contribution in [0.5, 0.6) is 17.2 Å². The Balaban J connectivity index is 1.61. The molecule has 0 radical (unpaired) electrons. The van der Waals surface area contributed by atoms with Gasteiger partial charge >= 0.3 is 0 Å². The Labute approximate surface area is 177 Å². The number of amides is 1. The third-order valence-corrected chi connectivity index (χ3v) is 6.01. The Hall–Kier alpha value is -3.32. The van der Waals surface area contributed by atoms with Gasteiger partial charge in [-0.25, -0.2) is 0 Å². The summed E-state index contributed by atoms with van der Waals surface area (Å²) in [4.78, 5) is 15.4. The Morgan fingerprint density at radius 1 is 1.00 bits per heavy atom. The Bertz CT molecular complexity index is 1070. The van der Waals surface area contributed by atoms with Gasteiger partial charge in [0.05, 0.1) is 24.5 Å². The molecule has 0 saturated carbocycles. The van der Waals surface area contributed by atoms with E-state index in [1.165, 1.54) is 0 Å². The van der Waals surface area contributed by atoms with Crippen LogP contribution in [0.3, 0.4) is 0 Å².